The molecule has 0 radical (unpaired) electrons. The molecule has 0 aliphatic rings. The number of nitrogens with one attached hydrogen (secondary N) is 1. The third kappa shape index (κ3) is 18.9. The second-order valence-corrected chi connectivity index (χ2v) is 6.09. The smallest absolute Gasteiger partial charge is 0.380 e. The summed E-state index contributed by atoms with van der Waals surface area (Å²) in [5, 5.41) is 2.80. The Morgan fingerprint density at radius 3 is 1.77 bits per heavy atom. The van der Waals surface area contributed by atoms with Gasteiger partial charge in [0.15, 0.2) is 0 Å². The van der Waals surface area contributed by atoms with Crippen LogP contribution in [0.1, 0.15) is 90.4 Å². The quantitative estimate of drug-likeness (QED) is 0.212. The first-order valence-corrected chi connectivity index (χ1v) is 8.96. The van der Waals surface area contributed by atoms with Gasteiger partial charge in [0.2, 0.25) is 5.91 Å². The molecule has 0 fully saturated rings. The molecule has 22 heavy (non-hydrogen) atoms. The average molecular weight is 334 g/mol. The van der Waals surface area contributed by atoms with Gasteiger partial charge >= 0.3 is 51.4 Å². The molecule has 1 atom stereocenters. The molecule has 0 aromatic carbocycles. The SMILES string of the molecule is C=CC(=O)NC([CH2-])CCCCCCCCCCCCCC.[K+]. The van der Waals surface area contributed by atoms with E-state index in [2.05, 4.69) is 25.7 Å². The average Bonchev–Trinajstić information content (AvgIpc) is 2.48. The number of rotatable bonds is 15. The molecule has 1 N–H and O–H groups in total. The van der Waals surface area contributed by atoms with E-state index < -0.39 is 0 Å². The van der Waals surface area contributed by atoms with Crippen LogP contribution in [0.5, 0.6) is 0 Å². The molecule has 0 aliphatic heterocycles. The summed E-state index contributed by atoms with van der Waals surface area (Å²) in [5.41, 5.74) is 0. The van der Waals surface area contributed by atoms with E-state index in [1.807, 2.05) is 0 Å². The number of carbonyl (C=O) groups is 1. The molecular weight excluding hydrogens is 297 g/mol. The first kappa shape index (κ1) is 25.1. The molecule has 0 spiro atoms. The number of amides is 1. The maximum absolute atomic E-state index is 11.1. The molecule has 0 aromatic rings. The molecule has 0 saturated carbocycles. The largest absolute Gasteiger partial charge is 1.00 e. The number of unbranched alkanes of at least 4 members (excludes halogenated alkanes) is 11. The predicted octanol–water partition coefficient (Wildman–Crippen LogP) is 2.59. The van der Waals surface area contributed by atoms with Crippen LogP contribution in [0.4, 0.5) is 0 Å². The Balaban J connectivity index is 0. The minimum absolute atomic E-state index is 0. The van der Waals surface area contributed by atoms with Gasteiger partial charge in [0.05, 0.1) is 0 Å². The van der Waals surface area contributed by atoms with E-state index in [1.165, 1.54) is 76.7 Å². The molecule has 2 nitrogen and oxygen atoms in total. The van der Waals surface area contributed by atoms with Gasteiger partial charge in [0, 0.05) is 0 Å². The van der Waals surface area contributed by atoms with Crippen LogP contribution in [-0.4, -0.2) is 11.9 Å². The standard InChI is InChI=1S/C19H36NO.K/c1-4-6-7-8-9-10-11-12-13-14-15-16-17-18(3)20-19(21)5-2;/h5,18H,2-4,6-17H2,1H3,(H,20,21);/q-1;+1. The molecular formula is C19H36KNO. The summed E-state index contributed by atoms with van der Waals surface area (Å²) in [7, 11) is 0. The van der Waals surface area contributed by atoms with Gasteiger partial charge in [0.1, 0.15) is 0 Å². The first-order valence-electron chi connectivity index (χ1n) is 8.96. The Morgan fingerprint density at radius 2 is 1.36 bits per heavy atom. The van der Waals surface area contributed by atoms with E-state index in [0.717, 1.165) is 12.8 Å². The van der Waals surface area contributed by atoms with Crippen molar-refractivity contribution in [3.05, 3.63) is 19.6 Å². The Labute approximate surface area is 181 Å². The van der Waals surface area contributed by atoms with E-state index in [9.17, 15) is 4.79 Å². The van der Waals surface area contributed by atoms with Gasteiger partial charge in [-0.2, -0.15) is 0 Å². The van der Waals surface area contributed by atoms with Crippen LogP contribution >= 0.6 is 0 Å². The van der Waals surface area contributed by atoms with Crippen molar-refractivity contribution in [2.24, 2.45) is 0 Å². The third-order valence-electron chi connectivity index (χ3n) is 3.94. The molecule has 0 heterocycles. The molecule has 1 unspecified atom stereocenters. The summed E-state index contributed by atoms with van der Waals surface area (Å²) in [4.78, 5) is 11.1. The Hall–Kier alpha value is 0.846. The van der Waals surface area contributed by atoms with Crippen molar-refractivity contribution in [3.8, 4) is 0 Å². The zero-order valence-electron chi connectivity index (χ0n) is 15.2. The van der Waals surface area contributed by atoms with Gasteiger partial charge in [0.25, 0.3) is 0 Å². The zero-order chi connectivity index (χ0) is 15.8. The summed E-state index contributed by atoms with van der Waals surface area (Å²) in [6.07, 6.45) is 18.6. The molecule has 0 bridgehead atoms. The molecule has 3 heteroatoms. The molecule has 0 rings (SSSR count). The van der Waals surface area contributed by atoms with Crippen LogP contribution in [0, 0.1) is 6.92 Å². The number of carbonyl (C=O) groups excluding carboxylic acids is 1. The van der Waals surface area contributed by atoms with E-state index >= 15 is 0 Å². The van der Waals surface area contributed by atoms with E-state index in [1.54, 1.807) is 0 Å². The minimum Gasteiger partial charge on any atom is -0.380 e. The van der Waals surface area contributed by atoms with Crippen LogP contribution in [-0.2, 0) is 4.79 Å². The van der Waals surface area contributed by atoms with Gasteiger partial charge in [-0.1, -0.05) is 103 Å². The van der Waals surface area contributed by atoms with Crippen molar-refractivity contribution >= 4 is 5.91 Å². The van der Waals surface area contributed by atoms with Crippen molar-refractivity contribution < 1.29 is 56.2 Å². The maximum atomic E-state index is 11.1. The van der Waals surface area contributed by atoms with Crippen LogP contribution in [0.15, 0.2) is 12.7 Å². The van der Waals surface area contributed by atoms with Crippen molar-refractivity contribution in [2.75, 3.05) is 0 Å². The van der Waals surface area contributed by atoms with Gasteiger partial charge in [-0.3, -0.25) is 4.79 Å². The van der Waals surface area contributed by atoms with E-state index in [-0.39, 0.29) is 63.3 Å². The van der Waals surface area contributed by atoms with Crippen LogP contribution in [0.2, 0.25) is 0 Å². The van der Waals surface area contributed by atoms with Gasteiger partial charge in [-0.05, 0) is 6.08 Å². The van der Waals surface area contributed by atoms with Crippen molar-refractivity contribution in [2.45, 2.75) is 96.4 Å². The Bertz CT molecular complexity index is 256. The molecule has 124 valence electrons. The second kappa shape index (κ2) is 19.9. The van der Waals surface area contributed by atoms with E-state index in [4.69, 9.17) is 0 Å². The first-order chi connectivity index (χ1) is 10.2. The van der Waals surface area contributed by atoms with Crippen molar-refractivity contribution in [3.63, 3.8) is 0 Å². The minimum atomic E-state index is -0.117. The monoisotopic (exact) mass is 333 g/mol. The molecule has 0 aromatic heterocycles. The van der Waals surface area contributed by atoms with Crippen LogP contribution < -0.4 is 56.7 Å². The molecule has 0 aliphatic carbocycles. The Morgan fingerprint density at radius 1 is 0.955 bits per heavy atom. The normalized spacial score (nSPS) is 11.5. The summed E-state index contributed by atoms with van der Waals surface area (Å²) < 4.78 is 0. The Kier molecular flexibility index (Phi) is 22.7. The van der Waals surface area contributed by atoms with E-state index in [0.29, 0.717) is 0 Å². The maximum Gasteiger partial charge on any atom is 1.00 e. The summed E-state index contributed by atoms with van der Waals surface area (Å²) in [5.74, 6) is -0.117. The second-order valence-electron chi connectivity index (χ2n) is 6.09. The molecule has 0 saturated heterocycles. The third-order valence-corrected chi connectivity index (χ3v) is 3.94. The van der Waals surface area contributed by atoms with Crippen LogP contribution in [0.3, 0.4) is 0 Å². The topological polar surface area (TPSA) is 29.1 Å². The summed E-state index contributed by atoms with van der Waals surface area (Å²) >= 11 is 0. The van der Waals surface area contributed by atoms with Crippen molar-refractivity contribution in [1.82, 2.24) is 5.32 Å². The fourth-order valence-corrected chi connectivity index (χ4v) is 2.56. The van der Waals surface area contributed by atoms with Gasteiger partial charge in [-0.25, -0.2) is 0 Å². The van der Waals surface area contributed by atoms with Crippen molar-refractivity contribution in [1.29, 1.82) is 0 Å². The fourth-order valence-electron chi connectivity index (χ4n) is 2.56. The molecule has 1 amide bonds. The number of hydrogen-bond donors (Lipinski definition) is 1. The zero-order valence-corrected chi connectivity index (χ0v) is 18.3. The summed E-state index contributed by atoms with van der Waals surface area (Å²) in [6, 6.07) is 0.0265. The number of hydrogen-bond acceptors (Lipinski definition) is 1. The van der Waals surface area contributed by atoms with Gasteiger partial charge in [-0.15, -0.1) is 0 Å². The summed E-state index contributed by atoms with van der Waals surface area (Å²) in [6.45, 7) is 9.64. The van der Waals surface area contributed by atoms with Gasteiger partial charge < -0.3 is 12.2 Å². The van der Waals surface area contributed by atoms with Crippen LogP contribution in [0.25, 0.3) is 0 Å². The predicted molar refractivity (Wildman–Crippen MR) is 93.2 cm³/mol. The fraction of sp³-hybridized carbons (Fsp3) is 0.789.